The first kappa shape index (κ1) is 20.4. The molecule has 0 aliphatic heterocycles. The molecule has 0 spiro atoms. The van der Waals surface area contributed by atoms with Crippen molar-refractivity contribution < 1.29 is 36.0 Å². The summed E-state index contributed by atoms with van der Waals surface area (Å²) in [5.74, 6) is 0. The van der Waals surface area contributed by atoms with Gasteiger partial charge in [-0.1, -0.05) is 30.3 Å². The highest BCUT2D eigenvalue weighted by Crippen LogP contribution is 2.79. The topological polar surface area (TPSA) is 71.1 Å². The van der Waals surface area contributed by atoms with Crippen molar-refractivity contribution in [3.8, 4) is 0 Å². The van der Waals surface area contributed by atoms with Crippen molar-refractivity contribution >= 4 is 15.2 Å². The number of alkyl halides is 2. The van der Waals surface area contributed by atoms with Gasteiger partial charge in [-0.25, -0.2) is 0 Å². The van der Waals surface area contributed by atoms with Crippen LogP contribution in [0.1, 0.15) is 19.4 Å². The third-order valence-electron chi connectivity index (χ3n) is 2.74. The van der Waals surface area contributed by atoms with Crippen LogP contribution in [0.3, 0.4) is 0 Å². The number of rotatable bonds is 10. The molecule has 0 fully saturated rings. The van der Waals surface area contributed by atoms with E-state index in [1.165, 1.54) is 13.8 Å². The van der Waals surface area contributed by atoms with Crippen LogP contribution in [0.4, 0.5) is 8.78 Å². The smallest absolute Gasteiger partial charge is 0.307 e. The van der Waals surface area contributed by atoms with E-state index in [2.05, 4.69) is 13.6 Å². The summed E-state index contributed by atoms with van der Waals surface area (Å²) in [6, 6.07) is 8.28. The van der Waals surface area contributed by atoms with Crippen molar-refractivity contribution in [3.63, 3.8) is 0 Å². The molecule has 1 aromatic carbocycles. The average Bonchev–Trinajstić information content (AvgIpc) is 2.54. The first-order valence-corrected chi connectivity index (χ1v) is 9.96. The van der Waals surface area contributed by atoms with Crippen molar-refractivity contribution in [3.05, 3.63) is 35.9 Å². The molecule has 0 aromatic heterocycles. The van der Waals surface area contributed by atoms with Crippen LogP contribution in [0, 0.1) is 0 Å². The predicted molar refractivity (Wildman–Crippen MR) is 81.7 cm³/mol. The minimum Gasteiger partial charge on any atom is -0.307 e. The van der Waals surface area contributed by atoms with E-state index >= 15 is 0 Å². The van der Waals surface area contributed by atoms with Crippen LogP contribution < -0.4 is 0 Å². The van der Waals surface area contributed by atoms with Crippen molar-refractivity contribution in [2.24, 2.45) is 0 Å². The summed E-state index contributed by atoms with van der Waals surface area (Å²) in [6.45, 7) is 1.69. The first-order chi connectivity index (χ1) is 10.8. The van der Waals surface area contributed by atoms with E-state index in [1.807, 2.05) is 0 Å². The Morgan fingerprint density at radius 1 is 0.957 bits per heavy atom. The molecule has 0 aliphatic carbocycles. The van der Waals surface area contributed by atoms with E-state index in [1.54, 1.807) is 30.3 Å². The Labute approximate surface area is 134 Å². The van der Waals surface area contributed by atoms with Gasteiger partial charge in [0.05, 0.1) is 19.8 Å². The lowest BCUT2D eigenvalue weighted by Gasteiger charge is -2.30. The van der Waals surface area contributed by atoms with E-state index in [0.29, 0.717) is 5.56 Å². The van der Waals surface area contributed by atoms with Crippen molar-refractivity contribution in [2.75, 3.05) is 20.3 Å². The summed E-state index contributed by atoms with van der Waals surface area (Å²) >= 11 is 0. The zero-order valence-electron chi connectivity index (χ0n) is 13.1. The van der Waals surface area contributed by atoms with Gasteiger partial charge in [0.2, 0.25) is 0 Å². The monoisotopic (exact) mass is 372 g/mol. The third-order valence-corrected chi connectivity index (χ3v) is 7.68. The molecule has 0 amide bonds. The molecule has 0 heterocycles. The Morgan fingerprint density at radius 3 is 1.96 bits per heavy atom. The second kappa shape index (κ2) is 8.47. The number of benzene rings is 1. The number of hydrogen-bond acceptors (Lipinski definition) is 6. The minimum absolute atomic E-state index is 0.314. The largest absolute Gasteiger partial charge is 0.444 e. The molecule has 23 heavy (non-hydrogen) atoms. The quantitative estimate of drug-likeness (QED) is 0.547. The minimum atomic E-state index is -5.10. The van der Waals surface area contributed by atoms with Crippen LogP contribution in [-0.2, 0) is 33.8 Å². The fraction of sp³-hybridized carbons (Fsp3) is 0.538. The van der Waals surface area contributed by atoms with Gasteiger partial charge in [0.25, 0.3) is 0 Å². The van der Waals surface area contributed by atoms with E-state index in [4.69, 9.17) is 4.52 Å². The summed E-state index contributed by atoms with van der Waals surface area (Å²) in [4.78, 5) is 0. The summed E-state index contributed by atoms with van der Waals surface area (Å²) in [7, 11) is -9.33. The van der Waals surface area contributed by atoms with Crippen molar-refractivity contribution in [2.45, 2.75) is 25.9 Å². The summed E-state index contributed by atoms with van der Waals surface area (Å²) in [6.07, 6.45) is 0. The van der Waals surface area contributed by atoms with Gasteiger partial charge in [0.15, 0.2) is 0 Å². The van der Waals surface area contributed by atoms with Crippen LogP contribution in [0.2, 0.25) is 0 Å². The van der Waals surface area contributed by atoms with Crippen LogP contribution in [0.5, 0.6) is 0 Å². The average molecular weight is 372 g/mol. The van der Waals surface area contributed by atoms with Gasteiger partial charge in [0, 0.05) is 7.11 Å². The maximum atomic E-state index is 14.6. The summed E-state index contributed by atoms with van der Waals surface area (Å²) in [5, 5.41) is -4.43. The molecule has 0 radical (unpaired) electrons. The zero-order chi connectivity index (χ0) is 17.6. The normalized spacial score (nSPS) is 17.4. The van der Waals surface area contributed by atoms with E-state index in [9.17, 15) is 17.9 Å². The van der Waals surface area contributed by atoms with Gasteiger partial charge in [-0.05, 0) is 19.4 Å². The summed E-state index contributed by atoms with van der Waals surface area (Å²) < 4.78 is 72.3. The van der Waals surface area contributed by atoms with Gasteiger partial charge in [-0.15, -0.1) is 0 Å². The molecule has 0 N–H and O–H groups in total. The molecule has 0 saturated carbocycles. The van der Waals surface area contributed by atoms with Crippen LogP contribution in [0.15, 0.2) is 30.3 Å². The highest BCUT2D eigenvalue weighted by atomic mass is 31.2. The van der Waals surface area contributed by atoms with Gasteiger partial charge in [-0.3, -0.25) is 13.7 Å². The van der Waals surface area contributed by atoms with Crippen LogP contribution in [-0.4, -0.2) is 25.7 Å². The highest BCUT2D eigenvalue weighted by molar-refractivity contribution is 7.73. The second-order valence-corrected chi connectivity index (χ2v) is 8.89. The fourth-order valence-corrected chi connectivity index (χ4v) is 5.49. The molecule has 1 rings (SSSR count). The molecule has 1 aromatic rings. The SMILES string of the molecule is CCOP(=O)(OC)C(F)(F)P(=O)(OCC)OCc1ccccc1. The molecule has 6 nitrogen and oxygen atoms in total. The van der Waals surface area contributed by atoms with Gasteiger partial charge >= 0.3 is 20.6 Å². The zero-order valence-corrected chi connectivity index (χ0v) is 14.9. The Bertz CT molecular complexity index is 581. The maximum Gasteiger partial charge on any atom is 0.444 e. The maximum absolute atomic E-state index is 14.6. The Morgan fingerprint density at radius 2 is 1.48 bits per heavy atom. The van der Waals surface area contributed by atoms with Crippen molar-refractivity contribution in [1.29, 1.82) is 0 Å². The molecular weight excluding hydrogens is 352 g/mol. The van der Waals surface area contributed by atoms with Crippen molar-refractivity contribution in [1.82, 2.24) is 0 Å². The predicted octanol–water partition coefficient (Wildman–Crippen LogP) is 4.86. The lowest BCUT2D eigenvalue weighted by Crippen LogP contribution is -2.23. The standard InChI is InChI=1S/C13H20F2O6P2/c1-4-19-22(16,18-3)13(14,15)23(17,20-5-2)21-11-12-9-7-6-8-10-12/h6-10H,4-5,11H2,1-3H3. The second-order valence-electron chi connectivity index (χ2n) is 4.28. The van der Waals surface area contributed by atoms with Gasteiger partial charge in [-0.2, -0.15) is 8.78 Å². The fourth-order valence-electron chi connectivity index (χ4n) is 1.66. The highest BCUT2D eigenvalue weighted by Gasteiger charge is 2.68. The van der Waals surface area contributed by atoms with E-state index in [0.717, 1.165) is 7.11 Å². The molecule has 0 saturated heterocycles. The molecular formula is C13H20F2O6P2. The molecule has 10 heteroatoms. The molecule has 0 aliphatic rings. The van der Waals surface area contributed by atoms with Crippen LogP contribution in [0.25, 0.3) is 0 Å². The lowest BCUT2D eigenvalue weighted by molar-refractivity contribution is 0.0635. The Hall–Kier alpha value is -0.620. The van der Waals surface area contributed by atoms with E-state index < -0.39 is 27.2 Å². The number of hydrogen-bond donors (Lipinski definition) is 0. The number of halogens is 2. The van der Waals surface area contributed by atoms with Gasteiger partial charge in [0.1, 0.15) is 0 Å². The Balaban J connectivity index is 3.10. The lowest BCUT2D eigenvalue weighted by atomic mass is 10.2. The Kier molecular flexibility index (Phi) is 7.52. The molecule has 0 bridgehead atoms. The molecule has 2 unspecified atom stereocenters. The molecule has 132 valence electrons. The third kappa shape index (κ3) is 4.47. The van der Waals surface area contributed by atoms with E-state index in [-0.39, 0.29) is 13.2 Å². The molecule has 2 atom stereocenters. The van der Waals surface area contributed by atoms with Gasteiger partial charge < -0.3 is 13.6 Å². The summed E-state index contributed by atoms with van der Waals surface area (Å²) in [5.41, 5.74) is 0.506. The van der Waals surface area contributed by atoms with Crippen LogP contribution >= 0.6 is 15.2 Å². The first-order valence-electron chi connectivity index (χ1n) is 6.87.